The Hall–Kier alpha value is -4.00. The number of benzene rings is 4. The molecule has 8 heteroatoms. The molecule has 1 aliphatic carbocycles. The summed E-state index contributed by atoms with van der Waals surface area (Å²) >= 11 is 14.0. The average molecular weight is 547 g/mol. The summed E-state index contributed by atoms with van der Waals surface area (Å²) in [6.07, 6.45) is 0. The number of methoxy groups -OCH3 is 2. The van der Waals surface area contributed by atoms with Gasteiger partial charge in [0.15, 0.2) is 11.6 Å². The Balaban J connectivity index is 1.81. The van der Waals surface area contributed by atoms with E-state index in [1.807, 2.05) is 50.2 Å². The summed E-state index contributed by atoms with van der Waals surface area (Å²) in [6.45, 7) is 3.84. The molecular weight excluding hydrogens is 523 g/mol. The lowest BCUT2D eigenvalue weighted by Gasteiger charge is -2.26. The van der Waals surface area contributed by atoms with E-state index in [0.29, 0.717) is 34.2 Å². The number of carbonyl (C=O) groups excluding carboxylic acids is 2. The third-order valence-corrected chi connectivity index (χ3v) is 7.41. The van der Waals surface area contributed by atoms with Crippen LogP contribution in [0.4, 0.5) is 22.7 Å². The number of ketones is 2. The van der Waals surface area contributed by atoms with E-state index in [4.69, 9.17) is 32.7 Å². The molecule has 0 bridgehead atoms. The second kappa shape index (κ2) is 10.0. The number of hydrogen-bond acceptors (Lipinski definition) is 6. The van der Waals surface area contributed by atoms with E-state index in [9.17, 15) is 9.59 Å². The molecule has 0 spiro atoms. The van der Waals surface area contributed by atoms with Crippen molar-refractivity contribution in [3.63, 3.8) is 0 Å². The van der Waals surface area contributed by atoms with Gasteiger partial charge in [0.2, 0.25) is 0 Å². The van der Waals surface area contributed by atoms with Gasteiger partial charge in [-0.1, -0.05) is 71.7 Å². The summed E-state index contributed by atoms with van der Waals surface area (Å²) in [6, 6.07) is 17.9. The molecule has 0 saturated carbocycles. The Morgan fingerprint density at radius 3 is 1.34 bits per heavy atom. The number of aryl methyl sites for hydroxylation is 2. The molecule has 0 aromatic heterocycles. The molecule has 192 valence electrons. The van der Waals surface area contributed by atoms with Crippen LogP contribution in [-0.4, -0.2) is 25.8 Å². The molecule has 5 rings (SSSR count). The van der Waals surface area contributed by atoms with Crippen LogP contribution in [0.3, 0.4) is 0 Å². The van der Waals surface area contributed by atoms with E-state index in [0.717, 1.165) is 11.1 Å². The van der Waals surface area contributed by atoms with Crippen LogP contribution in [0.2, 0.25) is 10.0 Å². The zero-order chi connectivity index (χ0) is 27.1. The first-order valence-corrected chi connectivity index (χ1v) is 12.6. The van der Waals surface area contributed by atoms with E-state index in [1.165, 1.54) is 0 Å². The highest BCUT2D eigenvalue weighted by atomic mass is 35.5. The minimum Gasteiger partial charge on any atom is -0.495 e. The number of fused-ring (bicyclic) bond motifs is 2. The van der Waals surface area contributed by atoms with E-state index < -0.39 is 0 Å². The third kappa shape index (κ3) is 4.06. The molecule has 0 amide bonds. The lowest BCUT2D eigenvalue weighted by molar-refractivity contribution is 0.0979. The highest BCUT2D eigenvalue weighted by Crippen LogP contribution is 2.50. The summed E-state index contributed by atoms with van der Waals surface area (Å²) in [5.41, 5.74) is 4.36. The largest absolute Gasteiger partial charge is 0.495 e. The fraction of sp³-hybridized carbons (Fsp3) is 0.133. The van der Waals surface area contributed by atoms with Crippen LogP contribution < -0.4 is 20.1 Å². The lowest BCUT2D eigenvalue weighted by atomic mass is 9.83. The van der Waals surface area contributed by atoms with Gasteiger partial charge in [-0.25, -0.2) is 0 Å². The van der Waals surface area contributed by atoms with E-state index >= 15 is 0 Å². The van der Waals surface area contributed by atoms with Crippen molar-refractivity contribution < 1.29 is 19.1 Å². The highest BCUT2D eigenvalue weighted by Gasteiger charge is 2.37. The van der Waals surface area contributed by atoms with E-state index in [1.54, 1.807) is 38.5 Å². The minimum absolute atomic E-state index is 0.0534. The van der Waals surface area contributed by atoms with Crippen molar-refractivity contribution in [2.75, 3.05) is 24.9 Å². The molecule has 0 fully saturated rings. The SMILES string of the molecule is COc1cccc(C)c1Nc1c(Cl)c2c(c(Cl)c1Nc1c(C)cccc1OC)C(=O)c1ccccc1C2=O. The van der Waals surface area contributed by atoms with Crippen molar-refractivity contribution in [3.8, 4) is 11.5 Å². The second-order valence-corrected chi connectivity index (χ2v) is 9.64. The van der Waals surface area contributed by atoms with Gasteiger partial charge in [0.05, 0.1) is 58.1 Å². The van der Waals surface area contributed by atoms with Crippen LogP contribution in [0.25, 0.3) is 0 Å². The molecule has 1 aliphatic rings. The van der Waals surface area contributed by atoms with Gasteiger partial charge in [-0.05, 0) is 37.1 Å². The van der Waals surface area contributed by atoms with Crippen molar-refractivity contribution in [1.82, 2.24) is 0 Å². The first-order valence-electron chi connectivity index (χ1n) is 11.8. The highest BCUT2D eigenvalue weighted by molar-refractivity contribution is 6.47. The Labute approximate surface area is 230 Å². The number of hydrogen-bond donors (Lipinski definition) is 2. The van der Waals surface area contributed by atoms with Gasteiger partial charge in [-0.3, -0.25) is 9.59 Å². The van der Waals surface area contributed by atoms with Crippen LogP contribution in [0.5, 0.6) is 11.5 Å². The number of anilines is 4. The Bertz CT molecular complexity index is 1510. The minimum atomic E-state index is -0.373. The fourth-order valence-corrected chi connectivity index (χ4v) is 5.33. The summed E-state index contributed by atoms with van der Waals surface area (Å²) < 4.78 is 11.2. The van der Waals surface area contributed by atoms with Gasteiger partial charge in [-0.2, -0.15) is 0 Å². The molecule has 0 unspecified atom stereocenters. The monoisotopic (exact) mass is 546 g/mol. The molecule has 6 nitrogen and oxygen atoms in total. The summed E-state index contributed by atoms with van der Waals surface area (Å²) in [5, 5.41) is 6.83. The predicted octanol–water partition coefficient (Wildman–Crippen LogP) is 7.89. The summed E-state index contributed by atoms with van der Waals surface area (Å²) in [7, 11) is 3.13. The van der Waals surface area contributed by atoms with Gasteiger partial charge in [0.1, 0.15) is 11.5 Å². The number of rotatable bonds is 6. The first kappa shape index (κ1) is 25.6. The smallest absolute Gasteiger partial charge is 0.196 e. The van der Waals surface area contributed by atoms with Crippen molar-refractivity contribution in [2.45, 2.75) is 13.8 Å². The summed E-state index contributed by atoms with van der Waals surface area (Å²) in [5.74, 6) is 0.396. The van der Waals surface area contributed by atoms with E-state index in [-0.39, 0.29) is 43.9 Å². The maximum Gasteiger partial charge on any atom is 0.196 e. The normalized spacial score (nSPS) is 12.1. The van der Waals surface area contributed by atoms with Crippen molar-refractivity contribution >= 4 is 57.5 Å². The number of halogens is 2. The van der Waals surface area contributed by atoms with Crippen LogP contribution >= 0.6 is 23.2 Å². The maximum absolute atomic E-state index is 13.7. The van der Waals surface area contributed by atoms with Crippen molar-refractivity contribution in [2.24, 2.45) is 0 Å². The van der Waals surface area contributed by atoms with Gasteiger partial charge in [0.25, 0.3) is 0 Å². The lowest BCUT2D eigenvalue weighted by Crippen LogP contribution is -2.23. The predicted molar refractivity (Wildman–Crippen MR) is 152 cm³/mol. The molecule has 0 aliphatic heterocycles. The topological polar surface area (TPSA) is 76.7 Å². The molecule has 4 aromatic carbocycles. The standard InChI is InChI=1S/C30H24Cl2N2O4/c1-15-9-7-13-19(37-3)25(15)33-27-23(31)21-22(30(36)18-12-6-5-11-17(18)29(21)35)24(32)28(27)34-26-16(2)10-8-14-20(26)38-4/h5-14,33-34H,1-4H3. The number of para-hydroxylation sites is 2. The molecule has 38 heavy (non-hydrogen) atoms. The summed E-state index contributed by atoms with van der Waals surface area (Å²) in [4.78, 5) is 27.3. The molecule has 0 radical (unpaired) electrons. The van der Waals surface area contributed by atoms with Crippen LogP contribution in [0, 0.1) is 13.8 Å². The Morgan fingerprint density at radius 1 is 0.579 bits per heavy atom. The second-order valence-electron chi connectivity index (χ2n) is 8.89. The van der Waals surface area contributed by atoms with Crippen molar-refractivity contribution in [3.05, 3.63) is 104 Å². The zero-order valence-corrected chi connectivity index (χ0v) is 22.7. The third-order valence-electron chi connectivity index (χ3n) is 6.66. The average Bonchev–Trinajstić information content (AvgIpc) is 2.92. The molecule has 2 N–H and O–H groups in total. The van der Waals surface area contributed by atoms with E-state index in [2.05, 4.69) is 10.6 Å². The van der Waals surface area contributed by atoms with Crippen LogP contribution in [0.1, 0.15) is 43.0 Å². The fourth-order valence-electron chi connectivity index (χ4n) is 4.69. The van der Waals surface area contributed by atoms with Crippen molar-refractivity contribution in [1.29, 1.82) is 0 Å². The molecular formula is C30H24Cl2N2O4. The van der Waals surface area contributed by atoms with Gasteiger partial charge in [-0.15, -0.1) is 0 Å². The van der Waals surface area contributed by atoms with Gasteiger partial charge < -0.3 is 20.1 Å². The first-order chi connectivity index (χ1) is 18.3. The molecule has 0 saturated heterocycles. The molecule has 0 heterocycles. The number of nitrogens with one attached hydrogen (secondary N) is 2. The Kier molecular flexibility index (Phi) is 6.78. The maximum atomic E-state index is 13.7. The number of carbonyl (C=O) groups is 2. The zero-order valence-electron chi connectivity index (χ0n) is 21.2. The number of ether oxygens (including phenoxy) is 2. The Morgan fingerprint density at radius 2 is 0.974 bits per heavy atom. The quantitative estimate of drug-likeness (QED) is 0.225. The van der Waals surface area contributed by atoms with Gasteiger partial charge >= 0.3 is 0 Å². The van der Waals surface area contributed by atoms with Crippen LogP contribution in [-0.2, 0) is 0 Å². The molecule has 4 aromatic rings. The molecule has 0 atom stereocenters. The van der Waals surface area contributed by atoms with Crippen LogP contribution in [0.15, 0.2) is 60.7 Å². The van der Waals surface area contributed by atoms with Gasteiger partial charge in [0, 0.05) is 11.1 Å².